The van der Waals surface area contributed by atoms with E-state index in [1.54, 1.807) is 17.5 Å². The molecule has 1 aliphatic rings. The third-order valence-corrected chi connectivity index (χ3v) is 6.72. The standard InChI is InChI=1S/C22H21N7OS/c1-13-11-30-8-7-29(13)22-19-18(17(12-31-19)14-9-25-28(2)10-14)26-21(27-22)16-4-6-24-20-15(16)3-5-23-20/h3-6,9-10,12-13H,7-8,11H2,1-2H3,(H,23,24)/t13-/m1/s1. The number of rotatable bonds is 3. The number of hydrogen-bond donors (Lipinski definition) is 1. The van der Waals surface area contributed by atoms with Gasteiger partial charge in [0.2, 0.25) is 0 Å². The van der Waals surface area contributed by atoms with E-state index in [-0.39, 0.29) is 6.04 Å². The summed E-state index contributed by atoms with van der Waals surface area (Å²) in [5.41, 5.74) is 4.90. The Morgan fingerprint density at radius 1 is 1.23 bits per heavy atom. The molecule has 1 atom stereocenters. The van der Waals surface area contributed by atoms with Gasteiger partial charge in [0.1, 0.15) is 5.65 Å². The van der Waals surface area contributed by atoms with Crippen LogP contribution in [0.15, 0.2) is 42.3 Å². The molecule has 1 N–H and O–H groups in total. The highest BCUT2D eigenvalue weighted by Gasteiger charge is 2.26. The molecular formula is C22H21N7OS. The molecule has 0 aromatic carbocycles. The summed E-state index contributed by atoms with van der Waals surface area (Å²) in [5, 5.41) is 7.53. The zero-order chi connectivity index (χ0) is 20.9. The first-order chi connectivity index (χ1) is 15.2. The molecule has 1 aliphatic heterocycles. The largest absolute Gasteiger partial charge is 0.377 e. The fraction of sp³-hybridized carbons (Fsp3) is 0.273. The number of anilines is 1. The Kier molecular flexibility index (Phi) is 4.25. The number of aryl methyl sites for hydroxylation is 1. The molecule has 0 saturated carbocycles. The summed E-state index contributed by atoms with van der Waals surface area (Å²) < 4.78 is 8.59. The number of pyridine rings is 1. The highest BCUT2D eigenvalue weighted by Crippen LogP contribution is 2.40. The summed E-state index contributed by atoms with van der Waals surface area (Å²) in [6.45, 7) is 4.38. The van der Waals surface area contributed by atoms with E-state index in [1.165, 1.54) is 0 Å². The first-order valence-corrected chi connectivity index (χ1v) is 11.1. The Morgan fingerprint density at radius 2 is 2.16 bits per heavy atom. The van der Waals surface area contributed by atoms with Crippen molar-refractivity contribution in [1.82, 2.24) is 29.7 Å². The van der Waals surface area contributed by atoms with Gasteiger partial charge in [0, 0.05) is 59.6 Å². The molecule has 156 valence electrons. The Balaban J connectivity index is 1.63. The second-order valence-electron chi connectivity index (χ2n) is 7.82. The normalized spacial score (nSPS) is 17.1. The predicted octanol–water partition coefficient (Wildman–Crippen LogP) is 3.86. The maximum absolute atomic E-state index is 5.68. The molecule has 5 aromatic rings. The van der Waals surface area contributed by atoms with Crippen LogP contribution in [0.1, 0.15) is 6.92 Å². The molecule has 0 spiro atoms. The van der Waals surface area contributed by atoms with Gasteiger partial charge >= 0.3 is 0 Å². The van der Waals surface area contributed by atoms with Gasteiger partial charge in [-0.05, 0) is 19.1 Å². The number of thiophene rings is 1. The Hall–Kier alpha value is -3.30. The maximum atomic E-state index is 5.68. The van der Waals surface area contributed by atoms with Crippen LogP contribution in [0.25, 0.3) is 43.8 Å². The van der Waals surface area contributed by atoms with Gasteiger partial charge in [0.15, 0.2) is 11.6 Å². The zero-order valence-electron chi connectivity index (χ0n) is 17.2. The molecule has 31 heavy (non-hydrogen) atoms. The molecule has 0 bridgehead atoms. The van der Waals surface area contributed by atoms with E-state index >= 15 is 0 Å². The Labute approximate surface area is 182 Å². The zero-order valence-corrected chi connectivity index (χ0v) is 18.1. The van der Waals surface area contributed by atoms with Gasteiger partial charge in [-0.1, -0.05) is 0 Å². The molecule has 0 radical (unpaired) electrons. The van der Waals surface area contributed by atoms with Crippen molar-refractivity contribution in [3.05, 3.63) is 42.3 Å². The average molecular weight is 432 g/mol. The summed E-state index contributed by atoms with van der Waals surface area (Å²) in [6.07, 6.45) is 7.61. The van der Waals surface area contributed by atoms with Gasteiger partial charge < -0.3 is 14.6 Å². The highest BCUT2D eigenvalue weighted by molar-refractivity contribution is 7.18. The van der Waals surface area contributed by atoms with Crippen LogP contribution in [0.2, 0.25) is 0 Å². The molecule has 8 nitrogen and oxygen atoms in total. The summed E-state index contributed by atoms with van der Waals surface area (Å²) in [6, 6.07) is 4.26. The first-order valence-electron chi connectivity index (χ1n) is 10.2. The topological polar surface area (TPSA) is 84.8 Å². The lowest BCUT2D eigenvalue weighted by Gasteiger charge is -2.34. The van der Waals surface area contributed by atoms with Gasteiger partial charge in [-0.2, -0.15) is 5.10 Å². The van der Waals surface area contributed by atoms with Crippen molar-refractivity contribution in [2.45, 2.75) is 13.0 Å². The van der Waals surface area contributed by atoms with Crippen LogP contribution in [0.3, 0.4) is 0 Å². The molecule has 1 saturated heterocycles. The minimum Gasteiger partial charge on any atom is -0.377 e. The molecule has 9 heteroatoms. The van der Waals surface area contributed by atoms with Gasteiger partial charge in [-0.3, -0.25) is 4.68 Å². The van der Waals surface area contributed by atoms with Crippen LogP contribution < -0.4 is 4.90 Å². The molecule has 6 heterocycles. The molecule has 6 rings (SSSR count). The monoisotopic (exact) mass is 431 g/mol. The van der Waals surface area contributed by atoms with Crippen molar-refractivity contribution >= 4 is 38.4 Å². The molecular weight excluding hydrogens is 410 g/mol. The number of aromatic amines is 1. The lowest BCUT2D eigenvalue weighted by molar-refractivity contribution is 0.0987. The Morgan fingerprint density at radius 3 is 3.00 bits per heavy atom. The average Bonchev–Trinajstić information content (AvgIpc) is 3.52. The van der Waals surface area contributed by atoms with Crippen LogP contribution >= 0.6 is 11.3 Å². The van der Waals surface area contributed by atoms with Gasteiger partial charge in [0.25, 0.3) is 0 Å². The molecule has 5 aromatic heterocycles. The van der Waals surface area contributed by atoms with Crippen LogP contribution in [0.4, 0.5) is 5.82 Å². The van der Waals surface area contributed by atoms with Crippen molar-refractivity contribution in [3.8, 4) is 22.5 Å². The minimum atomic E-state index is 0.244. The van der Waals surface area contributed by atoms with E-state index in [0.29, 0.717) is 19.0 Å². The lowest BCUT2D eigenvalue weighted by atomic mass is 10.1. The Bertz CT molecular complexity index is 1400. The molecule has 0 aliphatic carbocycles. The molecule has 1 fully saturated rings. The highest BCUT2D eigenvalue weighted by atomic mass is 32.1. The van der Waals surface area contributed by atoms with E-state index in [4.69, 9.17) is 14.7 Å². The lowest BCUT2D eigenvalue weighted by Crippen LogP contribution is -2.44. The van der Waals surface area contributed by atoms with E-state index in [1.807, 2.05) is 42.5 Å². The number of hydrogen-bond acceptors (Lipinski definition) is 7. The van der Waals surface area contributed by atoms with Crippen LogP contribution in [0, 0.1) is 0 Å². The SMILES string of the molecule is C[C@@H]1COCCN1c1nc(-c2ccnc3[nH]ccc23)nc2c(-c3cnn(C)c3)csc12. The second kappa shape index (κ2) is 7.14. The maximum Gasteiger partial charge on any atom is 0.163 e. The second-order valence-corrected chi connectivity index (χ2v) is 8.70. The molecule has 0 unspecified atom stereocenters. The quantitative estimate of drug-likeness (QED) is 0.467. The number of ether oxygens (including phenoxy) is 1. The predicted molar refractivity (Wildman–Crippen MR) is 122 cm³/mol. The number of aromatic nitrogens is 6. The van der Waals surface area contributed by atoms with Crippen LogP contribution in [-0.4, -0.2) is 55.5 Å². The summed E-state index contributed by atoms with van der Waals surface area (Å²) >= 11 is 1.69. The van der Waals surface area contributed by atoms with Gasteiger partial charge in [0.05, 0.1) is 35.7 Å². The summed E-state index contributed by atoms with van der Waals surface area (Å²) in [5.74, 6) is 1.67. The minimum absolute atomic E-state index is 0.244. The van der Waals surface area contributed by atoms with Crippen LogP contribution in [-0.2, 0) is 11.8 Å². The third-order valence-electron chi connectivity index (χ3n) is 5.75. The first kappa shape index (κ1) is 18.5. The number of fused-ring (bicyclic) bond motifs is 2. The van der Waals surface area contributed by atoms with E-state index in [0.717, 1.165) is 50.3 Å². The van der Waals surface area contributed by atoms with Gasteiger partial charge in [-0.15, -0.1) is 11.3 Å². The number of H-pyrrole nitrogens is 1. The van der Waals surface area contributed by atoms with Crippen molar-refractivity contribution < 1.29 is 4.74 Å². The van der Waals surface area contributed by atoms with Crippen molar-refractivity contribution in [1.29, 1.82) is 0 Å². The van der Waals surface area contributed by atoms with Crippen molar-refractivity contribution in [2.24, 2.45) is 7.05 Å². The van der Waals surface area contributed by atoms with E-state index in [2.05, 4.69) is 32.3 Å². The summed E-state index contributed by atoms with van der Waals surface area (Å²) in [7, 11) is 1.93. The number of nitrogens with one attached hydrogen (secondary N) is 1. The number of nitrogens with zero attached hydrogens (tertiary/aromatic N) is 6. The van der Waals surface area contributed by atoms with Gasteiger partial charge in [-0.25, -0.2) is 15.0 Å². The van der Waals surface area contributed by atoms with E-state index in [9.17, 15) is 0 Å². The molecule has 0 amide bonds. The smallest absolute Gasteiger partial charge is 0.163 e. The number of morpholine rings is 1. The summed E-state index contributed by atoms with van der Waals surface area (Å²) in [4.78, 5) is 20.1. The fourth-order valence-electron chi connectivity index (χ4n) is 4.18. The van der Waals surface area contributed by atoms with Crippen molar-refractivity contribution in [2.75, 3.05) is 24.7 Å². The van der Waals surface area contributed by atoms with E-state index < -0.39 is 0 Å². The fourth-order valence-corrected chi connectivity index (χ4v) is 5.20. The van der Waals surface area contributed by atoms with Crippen LogP contribution in [0.5, 0.6) is 0 Å². The third kappa shape index (κ3) is 3.00. The van der Waals surface area contributed by atoms with Crippen molar-refractivity contribution in [3.63, 3.8) is 0 Å².